The topological polar surface area (TPSA) is 58.4 Å². The van der Waals surface area contributed by atoms with E-state index in [1.54, 1.807) is 18.2 Å². The molecule has 0 saturated carbocycles. The van der Waals surface area contributed by atoms with Gasteiger partial charge in [-0.05, 0) is 44.8 Å². The minimum atomic E-state index is -0.0798. The molecule has 19 heavy (non-hydrogen) atoms. The Kier molecular flexibility index (Phi) is 7.16. The molecule has 106 valence electrons. The van der Waals surface area contributed by atoms with Crippen molar-refractivity contribution >= 4 is 34.8 Å². The molecule has 1 amide bonds. The van der Waals surface area contributed by atoms with E-state index in [2.05, 4.69) is 10.2 Å². The zero-order chi connectivity index (χ0) is 14.3. The van der Waals surface area contributed by atoms with E-state index in [9.17, 15) is 4.79 Å². The van der Waals surface area contributed by atoms with Crippen LogP contribution in [0.5, 0.6) is 0 Å². The van der Waals surface area contributed by atoms with Gasteiger partial charge in [0.1, 0.15) is 0 Å². The lowest BCUT2D eigenvalue weighted by molar-refractivity contribution is -0.116. The van der Waals surface area contributed by atoms with E-state index >= 15 is 0 Å². The number of amides is 1. The van der Waals surface area contributed by atoms with Crippen molar-refractivity contribution in [1.29, 1.82) is 0 Å². The first-order valence-electron chi connectivity index (χ1n) is 6.16. The highest BCUT2D eigenvalue weighted by Crippen LogP contribution is 2.25. The van der Waals surface area contributed by atoms with Crippen LogP contribution in [0.25, 0.3) is 0 Å². The fourth-order valence-corrected chi connectivity index (χ4v) is 1.91. The van der Waals surface area contributed by atoms with Gasteiger partial charge in [-0.2, -0.15) is 0 Å². The molecule has 0 heterocycles. The Hall–Kier alpha value is -0.810. The van der Waals surface area contributed by atoms with Crippen molar-refractivity contribution < 1.29 is 4.79 Å². The smallest absolute Gasteiger partial charge is 0.225 e. The van der Waals surface area contributed by atoms with E-state index in [1.165, 1.54) is 0 Å². The van der Waals surface area contributed by atoms with Crippen molar-refractivity contribution in [2.75, 3.05) is 32.0 Å². The third-order valence-electron chi connectivity index (χ3n) is 2.67. The Morgan fingerprint density at radius 2 is 2.11 bits per heavy atom. The molecule has 0 atom stereocenters. The molecule has 1 aromatic rings. The monoisotopic (exact) mass is 303 g/mol. The van der Waals surface area contributed by atoms with Gasteiger partial charge in [0.15, 0.2) is 0 Å². The van der Waals surface area contributed by atoms with Gasteiger partial charge >= 0.3 is 0 Å². The van der Waals surface area contributed by atoms with Gasteiger partial charge in [-0.1, -0.05) is 23.2 Å². The maximum atomic E-state index is 11.8. The molecule has 1 rings (SSSR count). The second-order valence-corrected chi connectivity index (χ2v) is 5.21. The van der Waals surface area contributed by atoms with E-state index in [0.717, 1.165) is 13.0 Å². The molecule has 0 bridgehead atoms. The molecular weight excluding hydrogens is 285 g/mol. The number of carbonyl (C=O) groups excluding carboxylic acids is 1. The van der Waals surface area contributed by atoms with Crippen molar-refractivity contribution in [3.63, 3.8) is 0 Å². The quantitative estimate of drug-likeness (QED) is 0.814. The van der Waals surface area contributed by atoms with Crippen LogP contribution in [0, 0.1) is 0 Å². The standard InChI is InChI=1S/C13H19Cl2N3O/c1-18(7-2-6-16)8-5-13(19)17-12-9-10(14)3-4-11(12)15/h3-4,9H,2,5-8,16H2,1H3,(H,17,19). The first kappa shape index (κ1) is 16.2. The van der Waals surface area contributed by atoms with Crippen molar-refractivity contribution in [3.8, 4) is 0 Å². The average Bonchev–Trinajstić information content (AvgIpc) is 2.38. The molecule has 0 aliphatic rings. The number of nitrogens with two attached hydrogens (primary N) is 1. The van der Waals surface area contributed by atoms with Crippen LogP contribution >= 0.6 is 23.2 Å². The van der Waals surface area contributed by atoms with Crippen LogP contribution < -0.4 is 11.1 Å². The SMILES string of the molecule is CN(CCCN)CCC(=O)Nc1cc(Cl)ccc1Cl. The maximum absolute atomic E-state index is 11.8. The van der Waals surface area contributed by atoms with Crippen LogP contribution in [-0.4, -0.2) is 37.5 Å². The molecule has 0 aliphatic carbocycles. The van der Waals surface area contributed by atoms with Crippen molar-refractivity contribution in [2.24, 2.45) is 5.73 Å². The predicted molar refractivity (Wildman–Crippen MR) is 80.9 cm³/mol. The number of nitrogens with one attached hydrogen (secondary N) is 1. The summed E-state index contributed by atoms with van der Waals surface area (Å²) in [4.78, 5) is 13.9. The van der Waals surface area contributed by atoms with Crippen molar-refractivity contribution in [2.45, 2.75) is 12.8 Å². The summed E-state index contributed by atoms with van der Waals surface area (Å²) < 4.78 is 0. The lowest BCUT2D eigenvalue weighted by Crippen LogP contribution is -2.26. The Balaban J connectivity index is 2.40. The number of halogens is 2. The number of carbonyl (C=O) groups is 1. The molecule has 4 nitrogen and oxygen atoms in total. The number of hydrogen-bond acceptors (Lipinski definition) is 3. The van der Waals surface area contributed by atoms with Crippen LogP contribution in [0.4, 0.5) is 5.69 Å². The molecule has 0 saturated heterocycles. The van der Waals surface area contributed by atoms with Crippen LogP contribution in [-0.2, 0) is 4.79 Å². The van der Waals surface area contributed by atoms with Gasteiger partial charge in [0.05, 0.1) is 10.7 Å². The molecule has 0 fully saturated rings. The summed E-state index contributed by atoms with van der Waals surface area (Å²) >= 11 is 11.8. The van der Waals surface area contributed by atoms with Gasteiger partial charge in [-0.15, -0.1) is 0 Å². The second kappa shape index (κ2) is 8.38. The third-order valence-corrected chi connectivity index (χ3v) is 3.23. The highest BCUT2D eigenvalue weighted by molar-refractivity contribution is 6.35. The number of anilines is 1. The number of nitrogens with zero attached hydrogens (tertiary/aromatic N) is 1. The lowest BCUT2D eigenvalue weighted by atomic mass is 10.3. The van der Waals surface area contributed by atoms with E-state index in [1.807, 2.05) is 7.05 Å². The Morgan fingerprint density at radius 3 is 2.79 bits per heavy atom. The third kappa shape index (κ3) is 6.25. The number of benzene rings is 1. The summed E-state index contributed by atoms with van der Waals surface area (Å²) in [6.45, 7) is 2.24. The number of rotatable bonds is 7. The Morgan fingerprint density at radius 1 is 1.37 bits per heavy atom. The normalized spacial score (nSPS) is 10.8. The Labute approximate surface area is 123 Å². The molecule has 0 aliphatic heterocycles. The van der Waals surface area contributed by atoms with Gasteiger partial charge in [0.2, 0.25) is 5.91 Å². The summed E-state index contributed by atoms with van der Waals surface area (Å²) in [6, 6.07) is 4.98. The van der Waals surface area contributed by atoms with Gasteiger partial charge in [-0.25, -0.2) is 0 Å². The minimum Gasteiger partial charge on any atom is -0.330 e. The first-order valence-corrected chi connectivity index (χ1v) is 6.92. The van der Waals surface area contributed by atoms with Crippen molar-refractivity contribution in [3.05, 3.63) is 28.2 Å². The fraction of sp³-hybridized carbons (Fsp3) is 0.462. The zero-order valence-corrected chi connectivity index (χ0v) is 12.5. The summed E-state index contributed by atoms with van der Waals surface area (Å²) in [5, 5.41) is 3.78. The van der Waals surface area contributed by atoms with Crippen LogP contribution in [0.3, 0.4) is 0 Å². The summed E-state index contributed by atoms with van der Waals surface area (Å²) in [5.74, 6) is -0.0798. The number of hydrogen-bond donors (Lipinski definition) is 2. The van der Waals surface area contributed by atoms with Crippen LogP contribution in [0.1, 0.15) is 12.8 Å². The highest BCUT2D eigenvalue weighted by atomic mass is 35.5. The molecule has 6 heteroatoms. The van der Waals surface area contributed by atoms with E-state index in [4.69, 9.17) is 28.9 Å². The largest absolute Gasteiger partial charge is 0.330 e. The second-order valence-electron chi connectivity index (χ2n) is 4.37. The maximum Gasteiger partial charge on any atom is 0.225 e. The summed E-state index contributed by atoms with van der Waals surface area (Å²) in [7, 11) is 1.97. The van der Waals surface area contributed by atoms with E-state index < -0.39 is 0 Å². The van der Waals surface area contributed by atoms with Gasteiger partial charge in [-0.3, -0.25) is 4.79 Å². The van der Waals surface area contributed by atoms with Crippen LogP contribution in [0.15, 0.2) is 18.2 Å². The van der Waals surface area contributed by atoms with Crippen molar-refractivity contribution in [1.82, 2.24) is 4.90 Å². The molecule has 0 spiro atoms. The molecule has 0 aromatic heterocycles. The molecule has 0 radical (unpaired) electrons. The zero-order valence-electron chi connectivity index (χ0n) is 11.0. The molecular formula is C13H19Cl2N3O. The van der Waals surface area contributed by atoms with Crippen LogP contribution in [0.2, 0.25) is 10.0 Å². The van der Waals surface area contributed by atoms with Gasteiger partial charge < -0.3 is 16.0 Å². The minimum absolute atomic E-state index is 0.0798. The fourth-order valence-electron chi connectivity index (χ4n) is 1.57. The molecule has 3 N–H and O–H groups in total. The summed E-state index contributed by atoms with van der Waals surface area (Å²) in [5.41, 5.74) is 5.98. The average molecular weight is 304 g/mol. The first-order chi connectivity index (χ1) is 9.02. The molecule has 0 unspecified atom stereocenters. The predicted octanol–water partition coefficient (Wildman–Crippen LogP) is 2.60. The van der Waals surface area contributed by atoms with Gasteiger partial charge in [0, 0.05) is 18.0 Å². The van der Waals surface area contributed by atoms with Gasteiger partial charge in [0.25, 0.3) is 0 Å². The Bertz CT molecular complexity index is 426. The highest BCUT2D eigenvalue weighted by Gasteiger charge is 2.08. The lowest BCUT2D eigenvalue weighted by Gasteiger charge is -2.15. The molecule has 1 aromatic carbocycles. The van der Waals surface area contributed by atoms with E-state index in [0.29, 0.717) is 35.2 Å². The van der Waals surface area contributed by atoms with E-state index in [-0.39, 0.29) is 5.91 Å². The summed E-state index contributed by atoms with van der Waals surface area (Å²) in [6.07, 6.45) is 1.34.